The summed E-state index contributed by atoms with van der Waals surface area (Å²) in [5.41, 5.74) is 0.955. The third kappa shape index (κ3) is 2.89. The van der Waals surface area contributed by atoms with Gasteiger partial charge in [0.2, 0.25) is 0 Å². The third-order valence-electron chi connectivity index (χ3n) is 3.35. The number of nitrogens with zero attached hydrogens (tertiary/aromatic N) is 2. The molecule has 0 aliphatic carbocycles. The highest BCUT2D eigenvalue weighted by Crippen LogP contribution is 2.33. The number of hydrogen-bond acceptors (Lipinski definition) is 6. The quantitative estimate of drug-likeness (QED) is 0.867. The van der Waals surface area contributed by atoms with Crippen molar-refractivity contribution < 1.29 is 9.53 Å². The Kier molecular flexibility index (Phi) is 4.24. The molecule has 2 heterocycles. The molecule has 2 aliphatic rings. The summed E-state index contributed by atoms with van der Waals surface area (Å²) in [5.74, 6) is 0.631. The number of fused-ring (bicyclic) bond motifs is 1. The highest BCUT2D eigenvalue weighted by atomic mass is 32.2. The molecule has 1 aromatic carbocycles. The van der Waals surface area contributed by atoms with Crippen molar-refractivity contribution in [1.82, 2.24) is 15.6 Å². The molecule has 2 aliphatic heterocycles. The highest BCUT2D eigenvalue weighted by molar-refractivity contribution is 8.19. The molecule has 6 nitrogen and oxygen atoms in total. The number of amides is 1. The Balaban J connectivity index is 1.62. The maximum absolute atomic E-state index is 12.2. The van der Waals surface area contributed by atoms with Gasteiger partial charge < -0.3 is 15.4 Å². The number of para-hydroxylation sites is 1. The molecule has 1 atom stereocenters. The van der Waals surface area contributed by atoms with Crippen LogP contribution in [0.3, 0.4) is 0 Å². The normalized spacial score (nSPS) is 19.2. The lowest BCUT2D eigenvalue weighted by Crippen LogP contribution is -2.31. The molecule has 0 radical (unpaired) electrons. The number of thioether (sulfide) groups is 1. The molecule has 0 saturated carbocycles. The summed E-state index contributed by atoms with van der Waals surface area (Å²) in [6.07, 6.45) is 1.97. The average Bonchev–Trinajstić information content (AvgIpc) is 3.09. The number of ether oxygens (including phenoxy) is 1. The molecular weight excluding hydrogens is 300 g/mol. The topological polar surface area (TPSA) is 66.0 Å². The molecule has 7 heteroatoms. The van der Waals surface area contributed by atoms with Crippen molar-refractivity contribution in [3.63, 3.8) is 0 Å². The van der Waals surface area contributed by atoms with Crippen LogP contribution in [0, 0.1) is 0 Å². The van der Waals surface area contributed by atoms with E-state index in [9.17, 15) is 4.79 Å². The van der Waals surface area contributed by atoms with E-state index in [1.165, 1.54) is 11.8 Å². The zero-order chi connectivity index (χ0) is 15.5. The van der Waals surface area contributed by atoms with E-state index in [0.29, 0.717) is 18.2 Å². The third-order valence-corrected chi connectivity index (χ3v) is 4.32. The van der Waals surface area contributed by atoms with Gasteiger partial charge in [-0.2, -0.15) is 5.10 Å². The molecule has 1 aromatic rings. The second kappa shape index (κ2) is 6.31. The van der Waals surface area contributed by atoms with Crippen molar-refractivity contribution >= 4 is 22.7 Å². The van der Waals surface area contributed by atoms with Crippen LogP contribution in [0.4, 0.5) is 0 Å². The van der Waals surface area contributed by atoms with E-state index in [0.717, 1.165) is 16.3 Å². The van der Waals surface area contributed by atoms with Gasteiger partial charge in [0.25, 0.3) is 5.91 Å². The molecule has 1 amide bonds. The molecule has 0 bridgehead atoms. The van der Waals surface area contributed by atoms with Crippen molar-refractivity contribution in [2.45, 2.75) is 26.6 Å². The van der Waals surface area contributed by atoms with Crippen LogP contribution >= 0.6 is 11.8 Å². The lowest BCUT2D eigenvalue weighted by Gasteiger charge is -2.14. The number of benzene rings is 1. The van der Waals surface area contributed by atoms with Gasteiger partial charge in [-0.15, -0.1) is 0 Å². The van der Waals surface area contributed by atoms with E-state index in [1.54, 1.807) is 0 Å². The highest BCUT2D eigenvalue weighted by Gasteiger charge is 2.32. The predicted octanol–water partition coefficient (Wildman–Crippen LogP) is 1.81. The van der Waals surface area contributed by atoms with Gasteiger partial charge in [-0.25, -0.2) is 5.01 Å². The van der Waals surface area contributed by atoms with E-state index in [4.69, 9.17) is 4.74 Å². The van der Waals surface area contributed by atoms with Crippen molar-refractivity contribution in [1.29, 1.82) is 0 Å². The number of carbonyl (C=O) groups is 1. The zero-order valence-corrected chi connectivity index (χ0v) is 13.3. The summed E-state index contributed by atoms with van der Waals surface area (Å²) in [5, 5.41) is 13.6. The lowest BCUT2D eigenvalue weighted by atomic mass is 10.2. The molecule has 1 unspecified atom stereocenters. The average molecular weight is 318 g/mol. The van der Waals surface area contributed by atoms with Crippen LogP contribution in [0.5, 0.6) is 5.75 Å². The van der Waals surface area contributed by atoms with Crippen LogP contribution in [0.2, 0.25) is 0 Å². The predicted molar refractivity (Wildman–Crippen MR) is 87.0 cm³/mol. The molecule has 116 valence electrons. The van der Waals surface area contributed by atoms with Crippen LogP contribution in [0.25, 0.3) is 0 Å². The first-order valence-corrected chi connectivity index (χ1v) is 8.01. The largest absolute Gasteiger partial charge is 0.494 e. The Morgan fingerprint density at radius 2 is 2.32 bits per heavy atom. The van der Waals surface area contributed by atoms with E-state index in [1.807, 2.05) is 49.3 Å². The Morgan fingerprint density at radius 1 is 1.50 bits per heavy atom. The Labute approximate surface area is 133 Å². The Morgan fingerprint density at radius 3 is 3.09 bits per heavy atom. The first-order valence-electron chi connectivity index (χ1n) is 7.20. The number of carbonyl (C=O) groups excluding carboxylic acids is 1. The van der Waals surface area contributed by atoms with Crippen LogP contribution in [-0.4, -0.2) is 28.7 Å². The van der Waals surface area contributed by atoms with Crippen molar-refractivity contribution in [3.8, 4) is 5.75 Å². The minimum Gasteiger partial charge on any atom is -0.494 e. The van der Waals surface area contributed by atoms with Crippen molar-refractivity contribution in [3.05, 3.63) is 41.1 Å². The smallest absolute Gasteiger partial charge is 0.279 e. The van der Waals surface area contributed by atoms with E-state index in [2.05, 4.69) is 15.7 Å². The Hall–Kier alpha value is -2.15. The van der Waals surface area contributed by atoms with Gasteiger partial charge in [-0.1, -0.05) is 18.2 Å². The molecule has 0 fully saturated rings. The standard InChI is InChI=1S/C15H18N4O2S/c1-3-21-12-7-5-4-6-11(12)8-17-14(20)15-18-19-10(2)16-9-13(19)22-15/h4-7,9-10,16H,3,8H2,1-2H3,(H,17,20). The summed E-state index contributed by atoms with van der Waals surface area (Å²) in [6, 6.07) is 7.70. The number of nitrogens with one attached hydrogen (secondary N) is 2. The second-order valence-electron chi connectivity index (χ2n) is 4.90. The molecule has 0 aromatic heterocycles. The minimum absolute atomic E-state index is 0.0893. The van der Waals surface area contributed by atoms with Crippen LogP contribution < -0.4 is 15.4 Å². The van der Waals surface area contributed by atoms with E-state index < -0.39 is 0 Å². The van der Waals surface area contributed by atoms with Crippen molar-refractivity contribution in [2.75, 3.05) is 6.61 Å². The summed E-state index contributed by atoms with van der Waals surface area (Å²) in [4.78, 5) is 12.2. The summed E-state index contributed by atoms with van der Waals surface area (Å²) < 4.78 is 5.56. The van der Waals surface area contributed by atoms with Gasteiger partial charge in [0.15, 0.2) is 5.04 Å². The molecule has 22 heavy (non-hydrogen) atoms. The second-order valence-corrected chi connectivity index (χ2v) is 5.91. The maximum atomic E-state index is 12.2. The fourth-order valence-corrected chi connectivity index (χ4v) is 3.15. The van der Waals surface area contributed by atoms with E-state index >= 15 is 0 Å². The minimum atomic E-state index is -0.168. The zero-order valence-electron chi connectivity index (χ0n) is 12.5. The number of rotatable bonds is 5. The fraction of sp³-hybridized carbons (Fsp3) is 0.333. The molecule has 0 spiro atoms. The van der Waals surface area contributed by atoms with Gasteiger partial charge in [0.1, 0.15) is 16.9 Å². The van der Waals surface area contributed by atoms with Gasteiger partial charge in [0.05, 0.1) is 6.61 Å². The fourth-order valence-electron chi connectivity index (χ4n) is 2.24. The van der Waals surface area contributed by atoms with Crippen molar-refractivity contribution in [2.24, 2.45) is 5.10 Å². The van der Waals surface area contributed by atoms with Crippen LogP contribution in [-0.2, 0) is 11.3 Å². The van der Waals surface area contributed by atoms with Gasteiger partial charge in [0, 0.05) is 18.3 Å². The molecular formula is C15H18N4O2S. The first kappa shape index (κ1) is 14.8. The van der Waals surface area contributed by atoms with Gasteiger partial charge in [-0.3, -0.25) is 4.79 Å². The van der Waals surface area contributed by atoms with Gasteiger partial charge >= 0.3 is 0 Å². The maximum Gasteiger partial charge on any atom is 0.279 e. The monoisotopic (exact) mass is 318 g/mol. The first-order chi connectivity index (χ1) is 10.7. The Bertz CT molecular complexity index is 644. The van der Waals surface area contributed by atoms with E-state index in [-0.39, 0.29) is 12.1 Å². The van der Waals surface area contributed by atoms with Gasteiger partial charge in [-0.05, 0) is 31.7 Å². The summed E-state index contributed by atoms with van der Waals surface area (Å²) in [7, 11) is 0. The SMILES string of the molecule is CCOc1ccccc1CNC(=O)C1=NN2C(=CNC2C)S1. The number of hydrogen-bond donors (Lipinski definition) is 2. The molecule has 0 saturated heterocycles. The molecule has 2 N–H and O–H groups in total. The summed E-state index contributed by atoms with van der Waals surface area (Å²) >= 11 is 1.37. The molecule has 3 rings (SSSR count). The summed E-state index contributed by atoms with van der Waals surface area (Å²) in [6.45, 7) is 4.95. The van der Waals surface area contributed by atoms with Crippen LogP contribution in [0.1, 0.15) is 19.4 Å². The number of hydrazone groups is 1. The lowest BCUT2D eigenvalue weighted by molar-refractivity contribution is -0.114. The van der Waals surface area contributed by atoms with Crippen LogP contribution in [0.15, 0.2) is 40.6 Å².